The molecular weight excluding hydrogens is 344 g/mol. The molecule has 1 aromatic carbocycles. The number of fused-ring (bicyclic) bond motifs is 1. The maximum Gasteiger partial charge on any atom is 0.339 e. The highest BCUT2D eigenvalue weighted by molar-refractivity contribution is 5.95. The lowest BCUT2D eigenvalue weighted by atomic mass is 9.92. The van der Waals surface area contributed by atoms with E-state index < -0.39 is 11.6 Å². The summed E-state index contributed by atoms with van der Waals surface area (Å²) in [5, 5.41) is 19.5. The van der Waals surface area contributed by atoms with Crippen LogP contribution in [0, 0.1) is 12.8 Å². The molecule has 27 heavy (non-hydrogen) atoms. The summed E-state index contributed by atoms with van der Waals surface area (Å²) in [5.74, 6) is -0.669. The fraction of sp³-hybridized carbons (Fsp3) is 0.455. The highest BCUT2D eigenvalue weighted by atomic mass is 16.5. The zero-order valence-electron chi connectivity index (χ0n) is 16.6. The number of carboxylic acid groups (broad SMARTS) is 1. The Morgan fingerprint density at radius 1 is 1.33 bits per heavy atom. The maximum absolute atomic E-state index is 11.8. The first-order valence-electron chi connectivity index (χ1n) is 9.20. The van der Waals surface area contributed by atoms with Crippen LogP contribution in [0.2, 0.25) is 0 Å². The van der Waals surface area contributed by atoms with E-state index in [0.717, 1.165) is 12.0 Å². The molecule has 0 aromatic heterocycles. The second kappa shape index (κ2) is 7.99. The van der Waals surface area contributed by atoms with Gasteiger partial charge in [0.15, 0.2) is 0 Å². The topological polar surface area (TPSA) is 83.8 Å². The molecule has 2 rings (SSSR count). The van der Waals surface area contributed by atoms with E-state index in [1.807, 2.05) is 33.8 Å². The molecule has 1 atom stereocenters. The lowest BCUT2D eigenvalue weighted by molar-refractivity contribution is -0.121. The summed E-state index contributed by atoms with van der Waals surface area (Å²) in [6.45, 7) is 9.36. The zero-order valence-corrected chi connectivity index (χ0v) is 16.6. The van der Waals surface area contributed by atoms with Gasteiger partial charge in [-0.25, -0.2) is 4.79 Å². The number of benzene rings is 1. The van der Waals surface area contributed by atoms with E-state index >= 15 is 0 Å². The number of hydrogen-bond donors (Lipinski definition) is 2. The summed E-state index contributed by atoms with van der Waals surface area (Å²) in [7, 11) is 0. The van der Waals surface area contributed by atoms with Crippen LogP contribution in [0.1, 0.15) is 68.4 Å². The monoisotopic (exact) mass is 372 g/mol. The van der Waals surface area contributed by atoms with Crippen LogP contribution in [0.3, 0.4) is 0 Å². The highest BCUT2D eigenvalue weighted by Crippen LogP contribution is 2.41. The Morgan fingerprint density at radius 3 is 2.59 bits per heavy atom. The first-order chi connectivity index (χ1) is 12.5. The van der Waals surface area contributed by atoms with Gasteiger partial charge in [0, 0.05) is 12.3 Å². The second-order valence-electron chi connectivity index (χ2n) is 7.77. The molecule has 0 aliphatic carbocycles. The van der Waals surface area contributed by atoms with Crippen LogP contribution in [-0.2, 0) is 4.79 Å². The van der Waals surface area contributed by atoms with Crippen molar-refractivity contribution in [1.82, 2.24) is 0 Å². The summed E-state index contributed by atoms with van der Waals surface area (Å²) < 4.78 is 6.08. The van der Waals surface area contributed by atoms with Crippen molar-refractivity contribution in [3.8, 4) is 11.5 Å². The van der Waals surface area contributed by atoms with Crippen LogP contribution in [0.5, 0.6) is 11.5 Å². The molecular formula is C22H28O5. The van der Waals surface area contributed by atoms with Crippen LogP contribution < -0.4 is 4.74 Å². The molecule has 0 fully saturated rings. The number of carbonyl (C=O) groups excluding carboxylic acids is 1. The number of aromatic hydroxyl groups is 1. The van der Waals surface area contributed by atoms with Gasteiger partial charge < -0.3 is 14.9 Å². The normalized spacial score (nSPS) is 19.0. The number of hydrogen-bond acceptors (Lipinski definition) is 4. The van der Waals surface area contributed by atoms with Crippen LogP contribution in [-0.4, -0.2) is 27.6 Å². The van der Waals surface area contributed by atoms with Crippen molar-refractivity contribution >= 4 is 17.8 Å². The summed E-state index contributed by atoms with van der Waals surface area (Å²) in [5.41, 5.74) is 1.25. The van der Waals surface area contributed by atoms with Crippen molar-refractivity contribution in [2.75, 3.05) is 0 Å². The Balaban J connectivity index is 2.12. The van der Waals surface area contributed by atoms with Crippen molar-refractivity contribution in [3.05, 3.63) is 40.5 Å². The molecule has 0 radical (unpaired) electrons. The molecule has 146 valence electrons. The molecule has 0 bridgehead atoms. The Labute approximate surface area is 160 Å². The van der Waals surface area contributed by atoms with Gasteiger partial charge in [-0.3, -0.25) is 4.79 Å². The average molecular weight is 372 g/mol. The second-order valence-corrected chi connectivity index (χ2v) is 7.77. The summed E-state index contributed by atoms with van der Waals surface area (Å²) in [4.78, 5) is 23.1. The van der Waals surface area contributed by atoms with Gasteiger partial charge in [0.25, 0.3) is 0 Å². The van der Waals surface area contributed by atoms with Gasteiger partial charge in [0.1, 0.15) is 28.4 Å². The Hall–Kier alpha value is -2.56. The van der Waals surface area contributed by atoms with Crippen molar-refractivity contribution in [1.29, 1.82) is 0 Å². The standard InChI is InChI=1S/C22H28O5/c1-13(2)17(23)11-14(3)7-6-9-22(5)10-8-16-18(27-22)12-15(4)19(20(16)24)21(25)26/h7-8,10,12-13,24H,6,9,11H2,1-5H3,(H,25,26)/b14-7+/t22-/m0/s1. The van der Waals surface area contributed by atoms with Gasteiger partial charge in [-0.15, -0.1) is 0 Å². The van der Waals surface area contributed by atoms with Gasteiger partial charge in [-0.2, -0.15) is 0 Å². The maximum atomic E-state index is 11.8. The van der Waals surface area contributed by atoms with Gasteiger partial charge in [0.05, 0.1) is 5.56 Å². The summed E-state index contributed by atoms with van der Waals surface area (Å²) in [6, 6.07) is 1.66. The molecule has 0 saturated carbocycles. The predicted molar refractivity (Wildman–Crippen MR) is 105 cm³/mol. The molecule has 0 saturated heterocycles. The fourth-order valence-electron chi connectivity index (χ4n) is 3.14. The third-order valence-electron chi connectivity index (χ3n) is 4.89. The average Bonchev–Trinajstić information content (AvgIpc) is 2.53. The van der Waals surface area contributed by atoms with E-state index in [1.165, 1.54) is 0 Å². The summed E-state index contributed by atoms with van der Waals surface area (Å²) in [6.07, 6.45) is 7.56. The lowest BCUT2D eigenvalue weighted by Crippen LogP contribution is -2.32. The van der Waals surface area contributed by atoms with E-state index in [0.29, 0.717) is 29.7 Å². The number of rotatable bonds is 7. The molecule has 1 aliphatic rings. The number of aryl methyl sites for hydroxylation is 1. The van der Waals surface area contributed by atoms with E-state index in [1.54, 1.807) is 19.1 Å². The smallest absolute Gasteiger partial charge is 0.339 e. The van der Waals surface area contributed by atoms with Gasteiger partial charge in [0.2, 0.25) is 0 Å². The minimum Gasteiger partial charge on any atom is -0.506 e. The Morgan fingerprint density at radius 2 is 2.00 bits per heavy atom. The molecule has 5 heteroatoms. The fourth-order valence-corrected chi connectivity index (χ4v) is 3.14. The highest BCUT2D eigenvalue weighted by Gasteiger charge is 2.30. The SMILES string of the molecule is C/C(=C\CC[C@@]1(C)C=Cc2c(cc(C)c(C(=O)O)c2O)O1)CC(=O)C(C)C. The van der Waals surface area contributed by atoms with E-state index in [2.05, 4.69) is 6.08 Å². The minimum atomic E-state index is -1.16. The van der Waals surface area contributed by atoms with E-state index in [-0.39, 0.29) is 23.0 Å². The van der Waals surface area contributed by atoms with Crippen LogP contribution >= 0.6 is 0 Å². The van der Waals surface area contributed by atoms with Crippen LogP contribution in [0.15, 0.2) is 23.8 Å². The van der Waals surface area contributed by atoms with Crippen LogP contribution in [0.25, 0.3) is 6.08 Å². The quantitative estimate of drug-likeness (QED) is 0.665. The molecule has 0 amide bonds. The third kappa shape index (κ3) is 4.79. The molecule has 2 N–H and O–H groups in total. The summed E-state index contributed by atoms with van der Waals surface area (Å²) >= 11 is 0. The first kappa shape index (κ1) is 20.7. The number of aromatic carboxylic acids is 1. The number of carbonyl (C=O) groups is 2. The molecule has 1 aromatic rings. The van der Waals surface area contributed by atoms with Crippen LogP contribution in [0.4, 0.5) is 0 Å². The number of ether oxygens (including phenoxy) is 1. The van der Waals surface area contributed by atoms with Crippen molar-refractivity contribution in [2.45, 2.75) is 59.5 Å². The Bertz CT molecular complexity index is 816. The number of ketones is 1. The minimum absolute atomic E-state index is 0.0404. The molecule has 1 heterocycles. The van der Waals surface area contributed by atoms with E-state index in [4.69, 9.17) is 4.74 Å². The number of phenols is 1. The largest absolute Gasteiger partial charge is 0.506 e. The van der Waals surface area contributed by atoms with Gasteiger partial charge in [-0.05, 0) is 57.4 Å². The molecule has 0 spiro atoms. The molecule has 1 aliphatic heterocycles. The number of Topliss-reactive ketones (excluding diaryl/α,β-unsaturated/α-hetero) is 1. The Kier molecular flexibility index (Phi) is 6.14. The lowest BCUT2D eigenvalue weighted by Gasteiger charge is -2.32. The number of carboxylic acids is 1. The number of allylic oxidation sites excluding steroid dienone is 2. The van der Waals surface area contributed by atoms with Crippen molar-refractivity contribution in [3.63, 3.8) is 0 Å². The predicted octanol–water partition coefficient (Wildman–Crippen LogP) is 4.90. The third-order valence-corrected chi connectivity index (χ3v) is 4.89. The van der Waals surface area contributed by atoms with Crippen molar-refractivity contribution in [2.24, 2.45) is 5.92 Å². The zero-order chi connectivity index (χ0) is 20.4. The molecule has 0 unspecified atom stereocenters. The van der Waals surface area contributed by atoms with Crippen molar-refractivity contribution < 1.29 is 24.5 Å². The van der Waals surface area contributed by atoms with E-state index in [9.17, 15) is 19.8 Å². The van der Waals surface area contributed by atoms with Gasteiger partial charge in [-0.1, -0.05) is 25.5 Å². The van der Waals surface area contributed by atoms with Gasteiger partial charge >= 0.3 is 5.97 Å². The first-order valence-corrected chi connectivity index (χ1v) is 9.20. The molecule has 5 nitrogen and oxygen atoms in total.